The fourth-order valence-electron chi connectivity index (χ4n) is 5.25. The van der Waals surface area contributed by atoms with E-state index in [1.807, 2.05) is 6.07 Å². The van der Waals surface area contributed by atoms with Crippen LogP contribution in [0, 0.1) is 11.3 Å². The summed E-state index contributed by atoms with van der Waals surface area (Å²) < 4.78 is 0. The lowest BCUT2D eigenvalue weighted by molar-refractivity contribution is -0.137. The molecule has 0 spiro atoms. The van der Waals surface area contributed by atoms with Gasteiger partial charge in [0.1, 0.15) is 11.5 Å². The lowest BCUT2D eigenvalue weighted by atomic mass is 9.49. The Morgan fingerprint density at radius 1 is 1.18 bits per heavy atom. The van der Waals surface area contributed by atoms with Gasteiger partial charge in [0.25, 0.3) is 0 Å². The second kappa shape index (κ2) is 4.84. The van der Waals surface area contributed by atoms with Gasteiger partial charge in [0.15, 0.2) is 0 Å². The van der Waals surface area contributed by atoms with E-state index in [-0.39, 0.29) is 10.8 Å². The Morgan fingerprint density at radius 3 is 2.50 bits per heavy atom. The number of aromatic hydroxyl groups is 1. The van der Waals surface area contributed by atoms with E-state index < -0.39 is 0 Å². The van der Waals surface area contributed by atoms with Crippen molar-refractivity contribution in [2.45, 2.75) is 71.6 Å². The second-order valence-corrected chi connectivity index (χ2v) is 8.33. The average Bonchev–Trinajstić information content (AvgIpc) is 2.42. The van der Waals surface area contributed by atoms with E-state index in [1.54, 1.807) is 0 Å². The maximum Gasteiger partial charge on any atom is 0.138 e. The second-order valence-electron chi connectivity index (χ2n) is 8.33. The Balaban J connectivity index is 2.18. The number of phenols is 1. The number of hydrogen-bond acceptors (Lipinski definition) is 2. The number of carbonyl (C=O) groups excluding carboxylic acids is 1. The molecule has 0 radical (unpaired) electrons. The maximum absolute atomic E-state index is 12.4. The summed E-state index contributed by atoms with van der Waals surface area (Å²) in [5.41, 5.74) is 3.67. The summed E-state index contributed by atoms with van der Waals surface area (Å²) in [5.74, 6) is 1.58. The van der Waals surface area contributed by atoms with Crippen LogP contribution in [0.25, 0.3) is 0 Å². The SMILES string of the molecule is CC(C)c1c(O)ccc2c1CC[C@@H]1C(C)(C)C(=O)CC[C@]21C. The van der Waals surface area contributed by atoms with Crippen LogP contribution in [-0.4, -0.2) is 10.9 Å². The fourth-order valence-corrected chi connectivity index (χ4v) is 5.25. The number of Topliss-reactive ketones (excluding diaryl/α,β-unsaturated/α-hetero) is 1. The molecule has 0 amide bonds. The first kappa shape index (κ1) is 15.6. The zero-order valence-corrected chi connectivity index (χ0v) is 14.5. The fraction of sp³-hybridized carbons (Fsp3) is 0.650. The summed E-state index contributed by atoms with van der Waals surface area (Å²) in [5, 5.41) is 10.3. The van der Waals surface area contributed by atoms with Gasteiger partial charge in [0.2, 0.25) is 0 Å². The van der Waals surface area contributed by atoms with Crippen molar-refractivity contribution in [2.24, 2.45) is 11.3 Å². The average molecular weight is 300 g/mol. The molecule has 2 heteroatoms. The molecular weight excluding hydrogens is 272 g/mol. The standard InChI is InChI=1S/C20H28O2/c1-12(2)18-13-6-9-16-19(3,4)17(22)10-11-20(16,5)14(13)7-8-15(18)21/h7-8,12,16,21H,6,9-11H2,1-5H3/t16-,20-/m1/s1. The van der Waals surface area contributed by atoms with E-state index in [2.05, 4.69) is 40.7 Å². The van der Waals surface area contributed by atoms with E-state index in [0.29, 0.717) is 29.8 Å². The molecule has 120 valence electrons. The monoisotopic (exact) mass is 300 g/mol. The smallest absolute Gasteiger partial charge is 0.138 e. The van der Waals surface area contributed by atoms with E-state index in [0.717, 1.165) is 24.8 Å². The molecule has 2 nitrogen and oxygen atoms in total. The number of ketones is 1. The van der Waals surface area contributed by atoms with Gasteiger partial charge in [0.05, 0.1) is 0 Å². The molecule has 2 atom stereocenters. The van der Waals surface area contributed by atoms with Gasteiger partial charge < -0.3 is 5.11 Å². The topological polar surface area (TPSA) is 37.3 Å². The van der Waals surface area contributed by atoms with Crippen LogP contribution >= 0.6 is 0 Å². The molecule has 0 heterocycles. The zero-order chi connectivity index (χ0) is 16.3. The molecule has 0 unspecified atom stereocenters. The Morgan fingerprint density at radius 2 is 1.86 bits per heavy atom. The van der Waals surface area contributed by atoms with Gasteiger partial charge in [-0.2, -0.15) is 0 Å². The van der Waals surface area contributed by atoms with Crippen LogP contribution in [0.15, 0.2) is 12.1 Å². The Hall–Kier alpha value is -1.31. The first-order chi connectivity index (χ1) is 10.2. The summed E-state index contributed by atoms with van der Waals surface area (Å²) >= 11 is 0. The minimum atomic E-state index is -0.236. The van der Waals surface area contributed by atoms with Crippen molar-refractivity contribution in [3.8, 4) is 5.75 Å². The third kappa shape index (κ3) is 1.96. The molecule has 0 aliphatic heterocycles. The van der Waals surface area contributed by atoms with E-state index >= 15 is 0 Å². The molecule has 1 saturated carbocycles. The lowest BCUT2D eigenvalue weighted by Crippen LogP contribution is -2.52. The van der Waals surface area contributed by atoms with Crippen molar-refractivity contribution < 1.29 is 9.90 Å². The number of rotatable bonds is 1. The molecule has 1 aromatic rings. The van der Waals surface area contributed by atoms with E-state index in [1.165, 1.54) is 11.1 Å². The maximum atomic E-state index is 12.4. The van der Waals surface area contributed by atoms with Gasteiger partial charge in [-0.1, -0.05) is 40.7 Å². The van der Waals surface area contributed by atoms with Gasteiger partial charge in [-0.25, -0.2) is 0 Å². The molecule has 2 aliphatic rings. The molecule has 0 saturated heterocycles. The molecule has 2 aliphatic carbocycles. The lowest BCUT2D eigenvalue weighted by Gasteiger charge is -2.53. The summed E-state index contributed by atoms with van der Waals surface area (Å²) in [6.45, 7) is 10.9. The third-order valence-corrected chi connectivity index (χ3v) is 6.44. The van der Waals surface area contributed by atoms with E-state index in [4.69, 9.17) is 0 Å². The van der Waals surface area contributed by atoms with Crippen molar-refractivity contribution >= 4 is 5.78 Å². The van der Waals surface area contributed by atoms with E-state index in [9.17, 15) is 9.90 Å². The molecule has 1 N–H and O–H groups in total. The number of carbonyl (C=O) groups is 1. The zero-order valence-electron chi connectivity index (χ0n) is 14.5. The molecular formula is C20H28O2. The number of fused-ring (bicyclic) bond motifs is 3. The largest absolute Gasteiger partial charge is 0.508 e. The van der Waals surface area contributed by atoms with Crippen molar-refractivity contribution in [1.82, 2.24) is 0 Å². The summed E-state index contributed by atoms with van der Waals surface area (Å²) in [7, 11) is 0. The highest BCUT2D eigenvalue weighted by atomic mass is 16.3. The first-order valence-corrected chi connectivity index (χ1v) is 8.58. The minimum Gasteiger partial charge on any atom is -0.508 e. The van der Waals surface area contributed by atoms with Gasteiger partial charge in [-0.15, -0.1) is 0 Å². The van der Waals surface area contributed by atoms with Crippen molar-refractivity contribution in [3.63, 3.8) is 0 Å². The number of benzene rings is 1. The minimum absolute atomic E-state index is 0.0579. The summed E-state index contributed by atoms with van der Waals surface area (Å²) in [6.07, 6.45) is 3.65. The highest BCUT2D eigenvalue weighted by Gasteiger charge is 2.53. The number of phenolic OH excluding ortho intramolecular Hbond substituents is 1. The Kier molecular flexibility index (Phi) is 3.43. The molecule has 0 bridgehead atoms. The molecule has 0 aromatic heterocycles. The van der Waals surface area contributed by atoms with Crippen LogP contribution in [0.5, 0.6) is 5.75 Å². The molecule has 3 rings (SSSR count). The summed E-state index contributed by atoms with van der Waals surface area (Å²) in [4.78, 5) is 12.4. The van der Waals surface area contributed by atoms with Crippen LogP contribution in [0.1, 0.15) is 76.5 Å². The van der Waals surface area contributed by atoms with Gasteiger partial charge in [0, 0.05) is 11.8 Å². The molecule has 1 aromatic carbocycles. The predicted octanol–water partition coefficient (Wildman–Crippen LogP) is 4.72. The van der Waals surface area contributed by atoms with Crippen LogP contribution in [0.2, 0.25) is 0 Å². The normalized spacial score (nSPS) is 30.1. The predicted molar refractivity (Wildman–Crippen MR) is 89.4 cm³/mol. The Bertz CT molecular complexity index is 627. The van der Waals surface area contributed by atoms with Crippen LogP contribution in [0.3, 0.4) is 0 Å². The van der Waals surface area contributed by atoms with Crippen LogP contribution in [-0.2, 0) is 16.6 Å². The van der Waals surface area contributed by atoms with Crippen molar-refractivity contribution in [2.75, 3.05) is 0 Å². The quantitative estimate of drug-likeness (QED) is 0.814. The van der Waals surface area contributed by atoms with Crippen molar-refractivity contribution in [1.29, 1.82) is 0 Å². The van der Waals surface area contributed by atoms with Crippen LogP contribution < -0.4 is 0 Å². The Labute approximate surface area is 133 Å². The third-order valence-electron chi connectivity index (χ3n) is 6.44. The number of hydrogen-bond donors (Lipinski definition) is 1. The first-order valence-electron chi connectivity index (χ1n) is 8.58. The van der Waals surface area contributed by atoms with Gasteiger partial charge in [-0.05, 0) is 59.3 Å². The molecule has 22 heavy (non-hydrogen) atoms. The highest BCUT2D eigenvalue weighted by Crippen LogP contribution is 2.57. The van der Waals surface area contributed by atoms with Crippen molar-refractivity contribution in [3.05, 3.63) is 28.8 Å². The molecule has 1 fully saturated rings. The van der Waals surface area contributed by atoms with Crippen LogP contribution in [0.4, 0.5) is 0 Å². The summed E-state index contributed by atoms with van der Waals surface area (Å²) in [6, 6.07) is 3.99. The van der Waals surface area contributed by atoms with Gasteiger partial charge >= 0.3 is 0 Å². The highest BCUT2D eigenvalue weighted by molar-refractivity contribution is 5.86. The van der Waals surface area contributed by atoms with Gasteiger partial charge in [-0.3, -0.25) is 4.79 Å².